The van der Waals surface area contributed by atoms with Gasteiger partial charge in [-0.3, -0.25) is 0 Å². The number of methoxy groups -OCH3 is 1. The van der Waals surface area contributed by atoms with E-state index in [1.165, 1.54) is 18.0 Å². The third-order valence-corrected chi connectivity index (χ3v) is 5.48. The summed E-state index contributed by atoms with van der Waals surface area (Å²) in [5, 5.41) is 19.9. The van der Waals surface area contributed by atoms with Crippen LogP contribution in [-0.2, 0) is 9.47 Å². The van der Waals surface area contributed by atoms with Gasteiger partial charge in [0.2, 0.25) is 5.88 Å². The number of nitrogens with two attached hydrogens (primary N) is 1. The Kier molecular flexibility index (Phi) is 5.63. The minimum atomic E-state index is -2.51. The van der Waals surface area contributed by atoms with Gasteiger partial charge in [-0.05, 0) is 13.0 Å². The Morgan fingerprint density at radius 2 is 2.17 bits per heavy atom. The van der Waals surface area contributed by atoms with Crippen LogP contribution >= 0.6 is 11.8 Å². The molecular weight excluding hydrogens is 390 g/mol. The van der Waals surface area contributed by atoms with E-state index >= 15 is 0 Å². The fourth-order valence-electron chi connectivity index (χ4n) is 2.62. The van der Waals surface area contributed by atoms with Crippen LogP contribution < -0.4 is 10.5 Å². The molecule has 9 heteroatoms. The summed E-state index contributed by atoms with van der Waals surface area (Å²) in [7, 11) is -2.51. The van der Waals surface area contributed by atoms with Crippen molar-refractivity contribution in [3.8, 4) is 29.1 Å². The van der Waals surface area contributed by atoms with Gasteiger partial charge in [-0.2, -0.15) is 10.5 Å². The van der Waals surface area contributed by atoms with Gasteiger partial charge in [0.05, 0.1) is 29.0 Å². The predicted molar refractivity (Wildman–Crippen MR) is 108 cm³/mol. The maximum Gasteiger partial charge on any atom is 0.213 e. The normalized spacial score (nSPS) is 16.4. The molecule has 0 spiro atoms. The SMILES string of the molecule is [2H]C([2H])([2H])O[C@H](C)COc1ccc(-c2c(C#N)c(N)nc(SCC3COC3)c2C#N)cn1. The number of aromatic nitrogens is 2. The molecule has 3 heterocycles. The van der Waals surface area contributed by atoms with Gasteiger partial charge >= 0.3 is 0 Å². The molecule has 2 N–H and O–H groups in total. The Bertz CT molecular complexity index is 1050. The number of nitriles is 2. The van der Waals surface area contributed by atoms with Crippen LogP contribution in [0.4, 0.5) is 5.82 Å². The molecule has 0 saturated carbocycles. The number of ether oxygens (including phenoxy) is 3. The first-order chi connectivity index (χ1) is 15.2. The highest BCUT2D eigenvalue weighted by molar-refractivity contribution is 7.99. The molecule has 3 rings (SSSR count). The smallest absolute Gasteiger partial charge is 0.213 e. The third-order valence-electron chi connectivity index (χ3n) is 4.27. The molecule has 1 saturated heterocycles. The zero-order valence-corrected chi connectivity index (χ0v) is 16.5. The van der Waals surface area contributed by atoms with Crippen molar-refractivity contribution in [2.24, 2.45) is 5.92 Å². The van der Waals surface area contributed by atoms with Crippen molar-refractivity contribution in [2.45, 2.75) is 18.1 Å². The molecule has 150 valence electrons. The molecule has 1 fully saturated rings. The van der Waals surface area contributed by atoms with Crippen molar-refractivity contribution < 1.29 is 18.3 Å². The van der Waals surface area contributed by atoms with Crippen molar-refractivity contribution in [2.75, 3.05) is 38.3 Å². The molecule has 0 amide bonds. The second-order valence-corrected chi connectivity index (χ2v) is 7.50. The van der Waals surface area contributed by atoms with E-state index in [0.717, 1.165) is 5.75 Å². The van der Waals surface area contributed by atoms with Crippen LogP contribution in [0.5, 0.6) is 5.88 Å². The van der Waals surface area contributed by atoms with E-state index in [0.29, 0.717) is 35.3 Å². The summed E-state index contributed by atoms with van der Waals surface area (Å²) in [5.74, 6) is 1.41. The number of rotatable bonds is 8. The van der Waals surface area contributed by atoms with Gasteiger partial charge in [-0.1, -0.05) is 0 Å². The zero-order valence-electron chi connectivity index (χ0n) is 18.7. The Balaban J connectivity index is 1.83. The van der Waals surface area contributed by atoms with Crippen LogP contribution in [0.25, 0.3) is 11.1 Å². The van der Waals surface area contributed by atoms with Gasteiger partial charge in [0, 0.05) is 42.1 Å². The van der Waals surface area contributed by atoms with Gasteiger partial charge < -0.3 is 19.9 Å². The number of pyridine rings is 2. The first-order valence-electron chi connectivity index (χ1n) is 10.3. The third kappa shape index (κ3) is 4.77. The molecule has 8 nitrogen and oxygen atoms in total. The number of hydrogen-bond acceptors (Lipinski definition) is 9. The summed E-state index contributed by atoms with van der Waals surface area (Å²) in [6.07, 6.45) is 0.801. The summed E-state index contributed by atoms with van der Waals surface area (Å²) < 4.78 is 36.8. The quantitative estimate of drug-likeness (QED) is 0.648. The fourth-order valence-corrected chi connectivity index (χ4v) is 3.66. The number of thioether (sulfide) groups is 1. The summed E-state index contributed by atoms with van der Waals surface area (Å²) in [5.41, 5.74) is 7.27. The molecule has 0 radical (unpaired) electrons. The van der Waals surface area contributed by atoms with Crippen molar-refractivity contribution in [1.29, 1.82) is 10.5 Å². The zero-order chi connectivity index (χ0) is 23.3. The van der Waals surface area contributed by atoms with E-state index in [1.807, 2.05) is 6.07 Å². The summed E-state index contributed by atoms with van der Waals surface area (Å²) in [6, 6.07) is 7.40. The van der Waals surface area contributed by atoms with Gasteiger partial charge in [0.15, 0.2) is 0 Å². The highest BCUT2D eigenvalue weighted by Gasteiger charge is 2.24. The maximum atomic E-state index is 9.82. The van der Waals surface area contributed by atoms with E-state index in [9.17, 15) is 10.5 Å². The molecule has 29 heavy (non-hydrogen) atoms. The number of nitrogens with zero attached hydrogens (tertiary/aromatic N) is 4. The van der Waals surface area contributed by atoms with Crippen LogP contribution in [-0.4, -0.2) is 48.7 Å². The Morgan fingerprint density at radius 1 is 1.38 bits per heavy atom. The van der Waals surface area contributed by atoms with Gasteiger partial charge in [0.25, 0.3) is 0 Å². The van der Waals surface area contributed by atoms with Crippen LogP contribution in [0.2, 0.25) is 0 Å². The Labute approximate surface area is 177 Å². The minimum absolute atomic E-state index is 0.00843. The summed E-state index contributed by atoms with van der Waals surface area (Å²) in [4.78, 5) is 8.49. The second kappa shape index (κ2) is 9.57. The van der Waals surface area contributed by atoms with E-state index < -0.39 is 13.1 Å². The molecule has 0 bridgehead atoms. The summed E-state index contributed by atoms with van der Waals surface area (Å²) in [6.45, 7) is 2.92. The van der Waals surface area contributed by atoms with E-state index in [-0.39, 0.29) is 29.4 Å². The van der Waals surface area contributed by atoms with Gasteiger partial charge in [-0.25, -0.2) is 9.97 Å². The number of hydrogen-bond donors (Lipinski definition) is 1. The molecule has 2 aromatic rings. The van der Waals surface area contributed by atoms with E-state index in [1.54, 1.807) is 19.1 Å². The minimum Gasteiger partial charge on any atom is -0.475 e. The monoisotopic (exact) mass is 414 g/mol. The second-order valence-electron chi connectivity index (χ2n) is 6.49. The first kappa shape index (κ1) is 17.0. The lowest BCUT2D eigenvalue weighted by Crippen LogP contribution is -2.29. The van der Waals surface area contributed by atoms with Crippen LogP contribution in [0.3, 0.4) is 0 Å². The van der Waals surface area contributed by atoms with Crippen molar-refractivity contribution in [1.82, 2.24) is 9.97 Å². The van der Waals surface area contributed by atoms with E-state index in [4.69, 9.17) is 24.1 Å². The van der Waals surface area contributed by atoms with Gasteiger partial charge in [-0.15, -0.1) is 11.8 Å². The first-order valence-corrected chi connectivity index (χ1v) is 9.81. The van der Waals surface area contributed by atoms with Crippen LogP contribution in [0.15, 0.2) is 23.4 Å². The average Bonchev–Trinajstić information content (AvgIpc) is 2.70. The molecule has 0 aliphatic carbocycles. The van der Waals surface area contributed by atoms with Crippen molar-refractivity contribution in [3.05, 3.63) is 29.5 Å². The largest absolute Gasteiger partial charge is 0.475 e. The topological polar surface area (TPSA) is 127 Å². The van der Waals surface area contributed by atoms with E-state index in [2.05, 4.69) is 16.0 Å². The highest BCUT2D eigenvalue weighted by atomic mass is 32.2. The molecule has 1 atom stereocenters. The van der Waals surface area contributed by atoms with Gasteiger partial charge in [0.1, 0.15) is 35.2 Å². The Hall–Kier alpha value is -2.85. The van der Waals surface area contributed by atoms with Crippen molar-refractivity contribution in [3.63, 3.8) is 0 Å². The molecule has 0 aromatic carbocycles. The fraction of sp³-hybridized carbons (Fsp3) is 0.400. The maximum absolute atomic E-state index is 9.82. The highest BCUT2D eigenvalue weighted by Crippen LogP contribution is 2.36. The molecule has 1 aliphatic rings. The summed E-state index contributed by atoms with van der Waals surface area (Å²) >= 11 is 1.41. The van der Waals surface area contributed by atoms with Crippen molar-refractivity contribution >= 4 is 17.6 Å². The van der Waals surface area contributed by atoms with Crippen LogP contribution in [0, 0.1) is 28.6 Å². The lowest BCUT2D eigenvalue weighted by atomic mass is 9.98. The lowest BCUT2D eigenvalue weighted by molar-refractivity contribution is -0.0196. The molecule has 2 aromatic heterocycles. The molecular formula is C20H21N5O3S. The standard InChI is InChI=1S/C20H21N5O3S/c1-12(26-2)8-28-17-4-3-14(7-24-17)18-15(5-21)19(23)25-20(16(18)6-22)29-11-13-9-27-10-13/h3-4,7,12-13H,8-11H2,1-2H3,(H2,23,25)/t12-/m1/s1/i2D3. The lowest BCUT2D eigenvalue weighted by Gasteiger charge is -2.25. The van der Waals surface area contributed by atoms with Crippen LogP contribution in [0.1, 0.15) is 22.2 Å². The Morgan fingerprint density at radius 3 is 2.76 bits per heavy atom. The molecule has 0 unspecified atom stereocenters. The number of anilines is 1. The predicted octanol–water partition coefficient (Wildman–Crippen LogP) is 2.62. The number of nitrogen functional groups attached to an aromatic ring is 1. The average molecular weight is 415 g/mol. The molecule has 1 aliphatic heterocycles.